The summed E-state index contributed by atoms with van der Waals surface area (Å²) in [5, 5.41) is 0. The van der Waals surface area contributed by atoms with Crippen molar-refractivity contribution >= 4 is 16.9 Å². The Kier molecular flexibility index (Phi) is 3.73. The fourth-order valence-electron chi connectivity index (χ4n) is 2.26. The third-order valence-electron chi connectivity index (χ3n) is 3.38. The van der Waals surface area contributed by atoms with Crippen LogP contribution in [-0.4, -0.2) is 15.0 Å². The quantitative estimate of drug-likeness (QED) is 0.799. The molecule has 3 rings (SSSR count). The van der Waals surface area contributed by atoms with Crippen molar-refractivity contribution in [3.8, 4) is 0 Å². The van der Waals surface area contributed by atoms with E-state index in [2.05, 4.69) is 15.0 Å². The second-order valence-electron chi connectivity index (χ2n) is 4.91. The summed E-state index contributed by atoms with van der Waals surface area (Å²) in [5.41, 5.74) is 9.30. The molecule has 0 unspecified atom stereocenters. The van der Waals surface area contributed by atoms with E-state index in [1.54, 1.807) is 0 Å². The Morgan fingerprint density at radius 2 is 1.76 bits per heavy atom. The first-order valence-corrected chi connectivity index (χ1v) is 6.83. The first-order chi connectivity index (χ1) is 10.2. The molecular weight excluding hydrogens is 267 g/mol. The van der Waals surface area contributed by atoms with Gasteiger partial charge in [0.2, 0.25) is 0 Å². The molecule has 2 aromatic heterocycles. The number of hydrogen-bond acceptors (Lipinski definition) is 4. The molecule has 0 aliphatic carbocycles. The number of pyridine rings is 1. The Balaban J connectivity index is 1.68. The SMILES string of the molecule is Nc1ncnc2ccc(CCCc3ccc(F)cc3)nc12. The molecule has 0 aliphatic heterocycles. The van der Waals surface area contributed by atoms with Crippen LogP contribution in [0.5, 0.6) is 0 Å². The van der Waals surface area contributed by atoms with Gasteiger partial charge in [-0.3, -0.25) is 0 Å². The summed E-state index contributed by atoms with van der Waals surface area (Å²) >= 11 is 0. The van der Waals surface area contributed by atoms with Crippen LogP contribution in [0.25, 0.3) is 11.0 Å². The summed E-state index contributed by atoms with van der Waals surface area (Å²) in [4.78, 5) is 12.6. The number of rotatable bonds is 4. The highest BCUT2D eigenvalue weighted by Gasteiger charge is 2.04. The average Bonchev–Trinajstić information content (AvgIpc) is 2.50. The number of fused-ring (bicyclic) bond motifs is 1. The maximum Gasteiger partial charge on any atom is 0.153 e. The van der Waals surface area contributed by atoms with Crippen molar-refractivity contribution in [2.24, 2.45) is 0 Å². The second kappa shape index (κ2) is 5.83. The zero-order valence-corrected chi connectivity index (χ0v) is 11.5. The molecule has 21 heavy (non-hydrogen) atoms. The predicted octanol–water partition coefficient (Wildman–Crippen LogP) is 2.92. The van der Waals surface area contributed by atoms with Crippen LogP contribution >= 0.6 is 0 Å². The Morgan fingerprint density at radius 3 is 2.57 bits per heavy atom. The maximum atomic E-state index is 12.8. The average molecular weight is 282 g/mol. The zero-order chi connectivity index (χ0) is 14.7. The third-order valence-corrected chi connectivity index (χ3v) is 3.38. The summed E-state index contributed by atoms with van der Waals surface area (Å²) in [7, 11) is 0. The molecule has 0 atom stereocenters. The molecule has 0 spiro atoms. The number of aryl methyl sites for hydroxylation is 2. The molecule has 3 aromatic rings. The van der Waals surface area contributed by atoms with Gasteiger partial charge < -0.3 is 5.73 Å². The highest BCUT2D eigenvalue weighted by molar-refractivity contribution is 5.83. The topological polar surface area (TPSA) is 64.7 Å². The molecule has 106 valence electrons. The molecule has 0 aliphatic rings. The van der Waals surface area contributed by atoms with E-state index in [0.717, 1.165) is 36.0 Å². The number of aromatic nitrogens is 3. The molecule has 2 N–H and O–H groups in total. The fourth-order valence-corrected chi connectivity index (χ4v) is 2.26. The molecule has 0 fully saturated rings. The summed E-state index contributed by atoms with van der Waals surface area (Å²) in [6.45, 7) is 0. The van der Waals surface area contributed by atoms with Gasteiger partial charge in [-0.15, -0.1) is 0 Å². The van der Waals surface area contributed by atoms with Gasteiger partial charge >= 0.3 is 0 Å². The smallest absolute Gasteiger partial charge is 0.153 e. The van der Waals surface area contributed by atoms with Crippen molar-refractivity contribution < 1.29 is 4.39 Å². The lowest BCUT2D eigenvalue weighted by Crippen LogP contribution is -1.99. The summed E-state index contributed by atoms with van der Waals surface area (Å²) in [6, 6.07) is 10.5. The number of nitrogens with zero attached hydrogens (tertiary/aromatic N) is 3. The van der Waals surface area contributed by atoms with Gasteiger partial charge in [0, 0.05) is 5.69 Å². The van der Waals surface area contributed by atoms with Gasteiger partial charge in [-0.2, -0.15) is 0 Å². The van der Waals surface area contributed by atoms with Crippen LogP contribution < -0.4 is 5.73 Å². The van der Waals surface area contributed by atoms with Crippen molar-refractivity contribution in [3.05, 3.63) is 59.8 Å². The van der Waals surface area contributed by atoms with Crippen molar-refractivity contribution in [1.82, 2.24) is 15.0 Å². The van der Waals surface area contributed by atoms with E-state index in [0.29, 0.717) is 11.3 Å². The lowest BCUT2D eigenvalue weighted by atomic mass is 10.1. The van der Waals surface area contributed by atoms with Crippen LogP contribution in [0, 0.1) is 5.82 Å². The van der Waals surface area contributed by atoms with Crippen molar-refractivity contribution in [1.29, 1.82) is 0 Å². The summed E-state index contributed by atoms with van der Waals surface area (Å²) in [5.74, 6) is 0.200. The number of halogens is 1. The molecule has 0 radical (unpaired) electrons. The highest BCUT2D eigenvalue weighted by Crippen LogP contribution is 2.15. The van der Waals surface area contributed by atoms with Gasteiger partial charge in [0.25, 0.3) is 0 Å². The van der Waals surface area contributed by atoms with Crippen LogP contribution in [0.2, 0.25) is 0 Å². The summed E-state index contributed by atoms with van der Waals surface area (Å²) < 4.78 is 12.8. The Hall–Kier alpha value is -2.56. The Bertz CT molecular complexity index is 756. The number of nitrogens with two attached hydrogens (primary N) is 1. The monoisotopic (exact) mass is 282 g/mol. The van der Waals surface area contributed by atoms with Crippen LogP contribution in [0.4, 0.5) is 10.2 Å². The normalized spacial score (nSPS) is 10.9. The van der Waals surface area contributed by atoms with Crippen LogP contribution in [0.3, 0.4) is 0 Å². The van der Waals surface area contributed by atoms with Crippen molar-refractivity contribution in [3.63, 3.8) is 0 Å². The van der Waals surface area contributed by atoms with Gasteiger partial charge in [-0.25, -0.2) is 19.3 Å². The first kappa shape index (κ1) is 13.4. The highest BCUT2D eigenvalue weighted by atomic mass is 19.1. The fraction of sp³-hybridized carbons (Fsp3) is 0.188. The number of anilines is 1. The molecule has 1 aromatic carbocycles. The van der Waals surface area contributed by atoms with E-state index in [-0.39, 0.29) is 5.82 Å². The van der Waals surface area contributed by atoms with Gasteiger partial charge in [0.1, 0.15) is 17.7 Å². The Morgan fingerprint density at radius 1 is 0.952 bits per heavy atom. The number of hydrogen-bond donors (Lipinski definition) is 1. The predicted molar refractivity (Wildman–Crippen MR) is 80.2 cm³/mol. The molecule has 0 amide bonds. The lowest BCUT2D eigenvalue weighted by molar-refractivity contribution is 0.626. The molecule has 2 heterocycles. The molecule has 4 nitrogen and oxygen atoms in total. The van der Waals surface area contributed by atoms with E-state index in [1.165, 1.54) is 18.5 Å². The van der Waals surface area contributed by atoms with Crippen LogP contribution in [0.1, 0.15) is 17.7 Å². The van der Waals surface area contributed by atoms with E-state index in [4.69, 9.17) is 5.73 Å². The maximum absolute atomic E-state index is 12.8. The van der Waals surface area contributed by atoms with Crippen molar-refractivity contribution in [2.75, 3.05) is 5.73 Å². The lowest BCUT2D eigenvalue weighted by Gasteiger charge is -2.04. The van der Waals surface area contributed by atoms with E-state index < -0.39 is 0 Å². The van der Waals surface area contributed by atoms with E-state index >= 15 is 0 Å². The van der Waals surface area contributed by atoms with Crippen molar-refractivity contribution in [2.45, 2.75) is 19.3 Å². The zero-order valence-electron chi connectivity index (χ0n) is 11.5. The van der Waals surface area contributed by atoms with Gasteiger partial charge in [0.05, 0.1) is 5.52 Å². The minimum absolute atomic E-state index is 0.203. The number of nitrogen functional groups attached to an aromatic ring is 1. The van der Waals surface area contributed by atoms with Crippen LogP contribution in [-0.2, 0) is 12.8 Å². The molecular formula is C16H15FN4. The largest absolute Gasteiger partial charge is 0.382 e. The minimum Gasteiger partial charge on any atom is -0.382 e. The summed E-state index contributed by atoms with van der Waals surface area (Å²) in [6.07, 6.45) is 4.10. The third kappa shape index (κ3) is 3.13. The number of benzene rings is 1. The van der Waals surface area contributed by atoms with Gasteiger partial charge in [-0.05, 0) is 49.1 Å². The van der Waals surface area contributed by atoms with E-state index in [1.807, 2.05) is 24.3 Å². The standard InChI is InChI=1S/C16H15FN4/c17-12-6-4-11(5-7-12)2-1-3-13-8-9-14-15(21-13)16(18)20-10-19-14/h4-10H,1-3H2,(H2,18,19,20). The second-order valence-corrected chi connectivity index (χ2v) is 4.91. The molecule has 0 saturated carbocycles. The van der Waals surface area contributed by atoms with E-state index in [9.17, 15) is 4.39 Å². The van der Waals surface area contributed by atoms with Gasteiger partial charge in [0.15, 0.2) is 5.82 Å². The first-order valence-electron chi connectivity index (χ1n) is 6.83. The van der Waals surface area contributed by atoms with Gasteiger partial charge in [-0.1, -0.05) is 12.1 Å². The Labute approximate surface area is 121 Å². The molecule has 5 heteroatoms. The molecule has 0 saturated heterocycles. The van der Waals surface area contributed by atoms with Crippen LogP contribution in [0.15, 0.2) is 42.7 Å². The molecule has 0 bridgehead atoms. The minimum atomic E-state index is -0.203.